The molecule has 1 heterocycles. The van der Waals surface area contributed by atoms with Gasteiger partial charge in [-0.1, -0.05) is 0 Å². The van der Waals surface area contributed by atoms with E-state index in [0.717, 1.165) is 0 Å². The van der Waals surface area contributed by atoms with Crippen LogP contribution in [0.15, 0.2) is 36.4 Å². The summed E-state index contributed by atoms with van der Waals surface area (Å²) in [5.74, 6) is 1.03. The maximum absolute atomic E-state index is 11.1. The zero-order valence-corrected chi connectivity index (χ0v) is 17.1. The summed E-state index contributed by atoms with van der Waals surface area (Å²) in [6, 6.07) is 8.07. The number of hydrogen-bond donors (Lipinski definition) is 0. The van der Waals surface area contributed by atoms with Crippen molar-refractivity contribution in [3.05, 3.63) is 56.6 Å². The number of rotatable bonds is 2. The molecule has 0 saturated heterocycles. The third-order valence-electron chi connectivity index (χ3n) is 4.22. The Morgan fingerprint density at radius 1 is 0.531 bits per heavy atom. The van der Waals surface area contributed by atoms with Crippen molar-refractivity contribution >= 4 is 11.4 Å². The van der Waals surface area contributed by atoms with Gasteiger partial charge in [0, 0.05) is 12.1 Å². The van der Waals surface area contributed by atoms with Crippen molar-refractivity contribution in [2.24, 2.45) is 0 Å². The van der Waals surface area contributed by atoms with Gasteiger partial charge in [0.1, 0.15) is 26.4 Å². The third kappa shape index (κ3) is 6.68. The van der Waals surface area contributed by atoms with Gasteiger partial charge in [-0.15, -0.1) is 0 Å². The number of hydrogen-bond acceptors (Lipinski definition) is 10. The minimum Gasteiger partial charge on any atom is -0.487 e. The van der Waals surface area contributed by atoms with Gasteiger partial charge >= 0.3 is 0 Å². The van der Waals surface area contributed by atoms with E-state index in [-0.39, 0.29) is 62.5 Å². The Morgan fingerprint density at radius 3 is 1.28 bits per heavy atom. The van der Waals surface area contributed by atoms with Crippen LogP contribution in [0.5, 0.6) is 23.0 Å². The van der Waals surface area contributed by atoms with Gasteiger partial charge in [0.2, 0.25) is 0 Å². The van der Waals surface area contributed by atoms with Crippen molar-refractivity contribution in [2.45, 2.75) is 0 Å². The molecule has 0 aromatic heterocycles. The average molecular weight is 450 g/mol. The maximum atomic E-state index is 11.1. The lowest BCUT2D eigenvalue weighted by Crippen LogP contribution is -2.15. The van der Waals surface area contributed by atoms with Gasteiger partial charge in [-0.05, 0) is 12.1 Å². The zero-order chi connectivity index (χ0) is 22.8. The highest BCUT2D eigenvalue weighted by Crippen LogP contribution is 2.33. The summed E-state index contributed by atoms with van der Waals surface area (Å²) >= 11 is 0. The highest BCUT2D eigenvalue weighted by molar-refractivity contribution is 5.49. The number of nitrogens with zero attached hydrogens (tertiary/aromatic N) is 2. The van der Waals surface area contributed by atoms with Crippen molar-refractivity contribution in [1.82, 2.24) is 0 Å². The minimum absolute atomic E-state index is 0.0875. The van der Waals surface area contributed by atoms with Crippen molar-refractivity contribution in [1.29, 1.82) is 0 Å². The summed E-state index contributed by atoms with van der Waals surface area (Å²) in [6.07, 6.45) is 0. The van der Waals surface area contributed by atoms with Gasteiger partial charge in [-0.25, -0.2) is 0 Å². The van der Waals surface area contributed by atoms with Crippen LogP contribution >= 0.6 is 0 Å². The standard InChI is InChI=1S/C20H22N2O10/c23-21(24)15-1-3-17-19(13-15)31-9-7-27-5-6-28-8-10-32-20-14-16(22(25)26)2-4-18(20)30-12-11-29-17/h1-4,13-14H,5-12H2. The van der Waals surface area contributed by atoms with Crippen LogP contribution in [0.1, 0.15) is 0 Å². The number of nitro groups is 2. The van der Waals surface area contributed by atoms with Crippen molar-refractivity contribution < 1.29 is 38.3 Å². The molecule has 0 atom stereocenters. The van der Waals surface area contributed by atoms with Gasteiger partial charge in [0.25, 0.3) is 11.4 Å². The molecule has 0 unspecified atom stereocenters. The van der Waals surface area contributed by atoms with Crippen molar-refractivity contribution in [3.63, 3.8) is 0 Å². The van der Waals surface area contributed by atoms with Crippen LogP contribution in [0.4, 0.5) is 11.4 Å². The molecule has 12 heteroatoms. The molecule has 32 heavy (non-hydrogen) atoms. The SMILES string of the molecule is O=[N+]([O-])c1ccc2c(c1)OCCOCCOCCOc1cc([N+](=O)[O-])ccc1OCCO2. The molecule has 0 fully saturated rings. The number of nitro benzene ring substituents is 2. The summed E-state index contributed by atoms with van der Waals surface area (Å²) in [5, 5.41) is 22.1. The Bertz CT molecular complexity index is 861. The quantitative estimate of drug-likeness (QED) is 0.495. The van der Waals surface area contributed by atoms with Crippen LogP contribution < -0.4 is 18.9 Å². The van der Waals surface area contributed by atoms with E-state index < -0.39 is 9.85 Å². The largest absolute Gasteiger partial charge is 0.487 e. The van der Waals surface area contributed by atoms with E-state index in [1.165, 1.54) is 36.4 Å². The molecule has 0 aliphatic carbocycles. The lowest BCUT2D eigenvalue weighted by molar-refractivity contribution is -0.385. The Labute approximate surface area is 182 Å². The number of ether oxygens (including phenoxy) is 6. The third-order valence-corrected chi connectivity index (χ3v) is 4.22. The Balaban J connectivity index is 1.73. The van der Waals surface area contributed by atoms with Crippen LogP contribution in [0, 0.1) is 20.2 Å². The van der Waals surface area contributed by atoms with Crippen molar-refractivity contribution in [2.75, 3.05) is 52.9 Å². The van der Waals surface area contributed by atoms with E-state index in [1.807, 2.05) is 0 Å². The smallest absolute Gasteiger partial charge is 0.273 e. The van der Waals surface area contributed by atoms with Crippen LogP contribution in [0.3, 0.4) is 0 Å². The lowest BCUT2D eigenvalue weighted by atomic mass is 10.3. The van der Waals surface area contributed by atoms with Crippen LogP contribution in [0.2, 0.25) is 0 Å². The first-order valence-corrected chi connectivity index (χ1v) is 9.78. The minimum atomic E-state index is -0.526. The Morgan fingerprint density at radius 2 is 0.875 bits per heavy atom. The first kappa shape index (κ1) is 23.0. The highest BCUT2D eigenvalue weighted by Gasteiger charge is 2.15. The van der Waals surface area contributed by atoms with Crippen LogP contribution in [-0.2, 0) is 9.47 Å². The normalized spacial score (nSPS) is 15.8. The highest BCUT2D eigenvalue weighted by atomic mass is 16.6. The van der Waals surface area contributed by atoms with Crippen LogP contribution in [-0.4, -0.2) is 62.7 Å². The fourth-order valence-electron chi connectivity index (χ4n) is 2.73. The van der Waals surface area contributed by atoms with Gasteiger partial charge < -0.3 is 28.4 Å². The summed E-state index contributed by atoms with van der Waals surface area (Å²) in [7, 11) is 0. The average Bonchev–Trinajstić information content (AvgIpc) is 2.78. The number of benzene rings is 2. The monoisotopic (exact) mass is 450 g/mol. The second-order valence-corrected chi connectivity index (χ2v) is 6.39. The fraction of sp³-hybridized carbons (Fsp3) is 0.400. The predicted octanol–water partition coefficient (Wildman–Crippen LogP) is 2.77. The van der Waals surface area contributed by atoms with Gasteiger partial charge in [-0.2, -0.15) is 0 Å². The Kier molecular flexibility index (Phi) is 8.40. The van der Waals surface area contributed by atoms with E-state index in [4.69, 9.17) is 28.4 Å². The van der Waals surface area contributed by atoms with E-state index in [9.17, 15) is 20.2 Å². The molecule has 0 bridgehead atoms. The molecule has 1 aliphatic heterocycles. The molecule has 2 aromatic carbocycles. The lowest BCUT2D eigenvalue weighted by Gasteiger charge is -2.15. The van der Waals surface area contributed by atoms with Crippen LogP contribution in [0.25, 0.3) is 0 Å². The first-order valence-electron chi connectivity index (χ1n) is 9.78. The van der Waals surface area contributed by atoms with Gasteiger partial charge in [0.15, 0.2) is 23.0 Å². The molecule has 0 amide bonds. The number of fused-ring (bicyclic) bond motifs is 2. The Hall–Kier alpha value is -3.64. The molecule has 1 aliphatic rings. The zero-order valence-electron chi connectivity index (χ0n) is 17.1. The second kappa shape index (κ2) is 11.7. The topological polar surface area (TPSA) is 142 Å². The van der Waals surface area contributed by atoms with E-state index >= 15 is 0 Å². The molecular formula is C20H22N2O10. The molecule has 0 N–H and O–H groups in total. The molecule has 0 saturated carbocycles. The van der Waals surface area contributed by atoms with E-state index in [1.54, 1.807) is 0 Å². The second-order valence-electron chi connectivity index (χ2n) is 6.39. The van der Waals surface area contributed by atoms with Crippen molar-refractivity contribution in [3.8, 4) is 23.0 Å². The molecule has 0 radical (unpaired) electrons. The summed E-state index contributed by atoms with van der Waals surface area (Å²) in [4.78, 5) is 21.1. The van der Waals surface area contributed by atoms with E-state index in [0.29, 0.717) is 24.7 Å². The van der Waals surface area contributed by atoms with Gasteiger partial charge in [0.05, 0.1) is 48.4 Å². The van der Waals surface area contributed by atoms with E-state index in [2.05, 4.69) is 0 Å². The summed E-state index contributed by atoms with van der Waals surface area (Å²) in [6.45, 7) is 1.64. The number of non-ortho nitro benzene ring substituents is 2. The molecule has 2 aromatic rings. The molecule has 3 rings (SSSR count). The predicted molar refractivity (Wildman–Crippen MR) is 110 cm³/mol. The summed E-state index contributed by atoms with van der Waals surface area (Å²) in [5.41, 5.74) is -0.263. The van der Waals surface area contributed by atoms with Gasteiger partial charge in [-0.3, -0.25) is 20.2 Å². The fourth-order valence-corrected chi connectivity index (χ4v) is 2.73. The first-order chi connectivity index (χ1) is 15.5. The maximum Gasteiger partial charge on any atom is 0.273 e. The summed E-state index contributed by atoms with van der Waals surface area (Å²) < 4.78 is 33.3. The molecule has 172 valence electrons. The molecule has 12 nitrogen and oxygen atoms in total. The molecular weight excluding hydrogens is 428 g/mol. The molecule has 0 spiro atoms.